The number of fused-ring (bicyclic) bond motifs is 2. The summed E-state index contributed by atoms with van der Waals surface area (Å²) < 4.78 is 12.4. The number of halogens is 1. The van der Waals surface area contributed by atoms with Crippen LogP contribution in [0.3, 0.4) is 0 Å². The average molecular weight is 497 g/mol. The number of rotatable bonds is 5. The first-order valence-electron chi connectivity index (χ1n) is 9.80. The highest BCUT2D eigenvalue weighted by molar-refractivity contribution is 9.10. The van der Waals surface area contributed by atoms with Crippen LogP contribution in [-0.4, -0.2) is 17.5 Å². The normalized spacial score (nSPS) is 15.5. The minimum atomic E-state index is -0.631. The summed E-state index contributed by atoms with van der Waals surface area (Å²) in [5, 5.41) is 2.74. The Balaban J connectivity index is 1.71. The summed E-state index contributed by atoms with van der Waals surface area (Å²) in [7, 11) is 0. The molecule has 0 N–H and O–H groups in total. The Hall–Kier alpha value is -2.97. The number of amides is 1. The zero-order chi connectivity index (χ0) is 21.5. The second kappa shape index (κ2) is 7.94. The van der Waals surface area contributed by atoms with Crippen LogP contribution in [0.15, 0.2) is 67.7 Å². The van der Waals surface area contributed by atoms with Gasteiger partial charge in [-0.2, -0.15) is 0 Å². The summed E-state index contributed by atoms with van der Waals surface area (Å²) in [4.78, 5) is 32.8. The molecular formula is C23H17BrN2O4S. The minimum Gasteiger partial charge on any atom is -0.494 e. The summed E-state index contributed by atoms with van der Waals surface area (Å²) in [5.41, 5.74) is 1.27. The lowest BCUT2D eigenvalue weighted by molar-refractivity contribution is 0.0971. The van der Waals surface area contributed by atoms with E-state index >= 15 is 0 Å². The zero-order valence-corrected chi connectivity index (χ0v) is 18.9. The smallest absolute Gasteiger partial charge is 0.297 e. The summed E-state index contributed by atoms with van der Waals surface area (Å²) in [5.74, 6) is 0.430. The maximum Gasteiger partial charge on any atom is 0.297 e. The maximum atomic E-state index is 13.5. The van der Waals surface area contributed by atoms with Crippen molar-refractivity contribution >= 4 is 49.3 Å². The zero-order valence-electron chi connectivity index (χ0n) is 16.5. The van der Waals surface area contributed by atoms with Gasteiger partial charge in [-0.1, -0.05) is 35.0 Å². The standard InChI is InChI=1S/C23H17BrN2O4S/c1-2-10-29-15-6-3-13(4-7-15)19-18-20(27)16-12-14(24)5-8-17(16)30-21(18)22(28)26(19)23-25-9-11-31-23/h3-9,11-12,19H,2,10H2,1H3. The van der Waals surface area contributed by atoms with Crippen LogP contribution in [0.5, 0.6) is 5.75 Å². The molecule has 1 unspecified atom stereocenters. The van der Waals surface area contributed by atoms with Gasteiger partial charge in [-0.15, -0.1) is 11.3 Å². The van der Waals surface area contributed by atoms with E-state index in [0.717, 1.165) is 22.2 Å². The number of anilines is 1. The number of carbonyl (C=O) groups is 1. The van der Waals surface area contributed by atoms with Crippen molar-refractivity contribution in [1.29, 1.82) is 0 Å². The van der Waals surface area contributed by atoms with E-state index in [1.54, 1.807) is 29.8 Å². The fourth-order valence-corrected chi connectivity index (χ4v) is 4.79. The van der Waals surface area contributed by atoms with Crippen molar-refractivity contribution in [2.45, 2.75) is 19.4 Å². The monoisotopic (exact) mass is 496 g/mol. The van der Waals surface area contributed by atoms with Crippen LogP contribution in [0.1, 0.15) is 41.1 Å². The van der Waals surface area contributed by atoms with Gasteiger partial charge in [-0.05, 0) is 42.3 Å². The molecule has 31 heavy (non-hydrogen) atoms. The van der Waals surface area contributed by atoms with E-state index in [9.17, 15) is 9.59 Å². The molecule has 2 aromatic heterocycles. The van der Waals surface area contributed by atoms with Crippen LogP contribution >= 0.6 is 27.3 Å². The first-order valence-corrected chi connectivity index (χ1v) is 11.5. The summed E-state index contributed by atoms with van der Waals surface area (Å²) in [6.07, 6.45) is 2.55. The number of aromatic nitrogens is 1. The fraction of sp³-hybridized carbons (Fsp3) is 0.174. The maximum absolute atomic E-state index is 13.5. The van der Waals surface area contributed by atoms with E-state index in [0.29, 0.717) is 28.3 Å². The van der Waals surface area contributed by atoms with Gasteiger partial charge in [0.15, 0.2) is 10.6 Å². The highest BCUT2D eigenvalue weighted by Gasteiger charge is 2.44. The van der Waals surface area contributed by atoms with E-state index in [1.165, 1.54) is 16.2 Å². The number of thiazole rings is 1. The predicted molar refractivity (Wildman–Crippen MR) is 123 cm³/mol. The number of carbonyl (C=O) groups excluding carboxylic acids is 1. The van der Waals surface area contributed by atoms with E-state index in [2.05, 4.69) is 20.9 Å². The molecule has 1 aliphatic rings. The van der Waals surface area contributed by atoms with Gasteiger partial charge in [0.2, 0.25) is 5.76 Å². The van der Waals surface area contributed by atoms with Crippen molar-refractivity contribution in [3.8, 4) is 5.75 Å². The fourth-order valence-electron chi connectivity index (χ4n) is 3.76. The lowest BCUT2D eigenvalue weighted by atomic mass is 9.98. The summed E-state index contributed by atoms with van der Waals surface area (Å²) in [6, 6.07) is 12.0. The van der Waals surface area contributed by atoms with Crippen molar-refractivity contribution in [3.05, 3.63) is 85.6 Å². The Kier molecular flexibility index (Phi) is 5.11. The first-order chi connectivity index (χ1) is 15.1. The Bertz CT molecular complexity index is 1330. The number of nitrogens with zero attached hydrogens (tertiary/aromatic N) is 2. The van der Waals surface area contributed by atoms with Gasteiger partial charge in [-0.3, -0.25) is 14.5 Å². The Morgan fingerprint density at radius 1 is 1.19 bits per heavy atom. The molecule has 2 aromatic carbocycles. The van der Waals surface area contributed by atoms with Gasteiger partial charge < -0.3 is 9.15 Å². The van der Waals surface area contributed by atoms with Gasteiger partial charge in [0.25, 0.3) is 5.91 Å². The third kappa shape index (κ3) is 3.36. The quantitative estimate of drug-likeness (QED) is 0.362. The van der Waals surface area contributed by atoms with Crippen molar-refractivity contribution < 1.29 is 13.9 Å². The molecule has 4 aromatic rings. The number of ether oxygens (including phenoxy) is 1. The molecule has 0 spiro atoms. The van der Waals surface area contributed by atoms with Crippen molar-refractivity contribution in [2.75, 3.05) is 11.5 Å². The molecule has 0 aliphatic carbocycles. The minimum absolute atomic E-state index is 0.0614. The second-order valence-electron chi connectivity index (χ2n) is 7.12. The molecule has 1 amide bonds. The van der Waals surface area contributed by atoms with Gasteiger partial charge in [0.1, 0.15) is 11.3 Å². The topological polar surface area (TPSA) is 72.6 Å². The third-order valence-corrected chi connectivity index (χ3v) is 6.39. The Morgan fingerprint density at radius 2 is 2.00 bits per heavy atom. The Morgan fingerprint density at radius 3 is 2.71 bits per heavy atom. The van der Waals surface area contributed by atoms with Crippen LogP contribution in [0.4, 0.5) is 5.13 Å². The van der Waals surface area contributed by atoms with E-state index in [1.807, 2.05) is 31.2 Å². The molecule has 0 bridgehead atoms. The van der Waals surface area contributed by atoms with Gasteiger partial charge in [0, 0.05) is 16.0 Å². The molecule has 8 heteroatoms. The second-order valence-corrected chi connectivity index (χ2v) is 8.91. The van der Waals surface area contributed by atoms with Crippen LogP contribution in [0.25, 0.3) is 11.0 Å². The molecule has 0 radical (unpaired) electrons. The molecule has 6 nitrogen and oxygen atoms in total. The first kappa shape index (κ1) is 20.0. The lowest BCUT2D eigenvalue weighted by Crippen LogP contribution is -2.29. The van der Waals surface area contributed by atoms with Crippen LogP contribution in [0.2, 0.25) is 0 Å². The molecule has 0 fully saturated rings. The molecule has 0 saturated heterocycles. The molecule has 0 saturated carbocycles. The third-order valence-electron chi connectivity index (χ3n) is 5.13. The number of benzene rings is 2. The van der Waals surface area contributed by atoms with Crippen molar-refractivity contribution in [2.24, 2.45) is 0 Å². The molecule has 1 aliphatic heterocycles. The molecule has 156 valence electrons. The van der Waals surface area contributed by atoms with E-state index < -0.39 is 6.04 Å². The number of hydrogen-bond donors (Lipinski definition) is 0. The van der Waals surface area contributed by atoms with Crippen molar-refractivity contribution in [1.82, 2.24) is 4.98 Å². The van der Waals surface area contributed by atoms with Crippen LogP contribution < -0.4 is 15.1 Å². The lowest BCUT2D eigenvalue weighted by Gasteiger charge is -2.22. The average Bonchev–Trinajstić information content (AvgIpc) is 3.40. The molecule has 1 atom stereocenters. The SMILES string of the molecule is CCCOc1ccc(C2c3c(oc4ccc(Br)cc4c3=O)C(=O)N2c2nccs2)cc1. The molecular weight excluding hydrogens is 480 g/mol. The predicted octanol–water partition coefficient (Wildman–Crippen LogP) is 5.55. The Labute approximate surface area is 190 Å². The largest absolute Gasteiger partial charge is 0.494 e. The molecule has 3 heterocycles. The van der Waals surface area contributed by atoms with E-state index in [4.69, 9.17) is 9.15 Å². The molecule has 5 rings (SSSR count). The van der Waals surface area contributed by atoms with Crippen LogP contribution in [-0.2, 0) is 0 Å². The van der Waals surface area contributed by atoms with Gasteiger partial charge >= 0.3 is 0 Å². The summed E-state index contributed by atoms with van der Waals surface area (Å²) >= 11 is 4.75. The highest BCUT2D eigenvalue weighted by Crippen LogP contribution is 2.42. The van der Waals surface area contributed by atoms with Gasteiger partial charge in [0.05, 0.1) is 23.6 Å². The summed E-state index contributed by atoms with van der Waals surface area (Å²) in [6.45, 7) is 2.67. The van der Waals surface area contributed by atoms with Gasteiger partial charge in [-0.25, -0.2) is 4.98 Å². The number of hydrogen-bond acceptors (Lipinski definition) is 6. The van der Waals surface area contributed by atoms with E-state index in [-0.39, 0.29) is 17.1 Å². The van der Waals surface area contributed by atoms with Crippen molar-refractivity contribution in [3.63, 3.8) is 0 Å². The highest BCUT2D eigenvalue weighted by atomic mass is 79.9. The van der Waals surface area contributed by atoms with Crippen LogP contribution in [0, 0.1) is 0 Å².